The van der Waals surface area contributed by atoms with Gasteiger partial charge in [0.05, 0.1) is 19.8 Å². The molecular weight excluding hydrogens is 426 g/mol. The molecule has 1 amide bonds. The highest BCUT2D eigenvalue weighted by Gasteiger charge is 2.47. The van der Waals surface area contributed by atoms with Crippen molar-refractivity contribution in [3.8, 4) is 11.5 Å². The van der Waals surface area contributed by atoms with Crippen molar-refractivity contribution in [1.82, 2.24) is 0 Å². The molecule has 0 bridgehead atoms. The molecule has 6 nitrogen and oxygen atoms in total. The van der Waals surface area contributed by atoms with E-state index in [-0.39, 0.29) is 11.3 Å². The fourth-order valence-corrected chi connectivity index (χ4v) is 4.88. The van der Waals surface area contributed by atoms with E-state index in [9.17, 15) is 14.7 Å². The maximum Gasteiger partial charge on any atom is 0.300 e. The number of aliphatic hydroxyl groups excluding tert-OH is 1. The summed E-state index contributed by atoms with van der Waals surface area (Å²) in [5.41, 5.74) is 3.00. The van der Waals surface area contributed by atoms with Gasteiger partial charge in [0.1, 0.15) is 11.8 Å². The molecule has 0 radical (unpaired) electrons. The number of benzene rings is 2. The predicted octanol–water partition coefficient (Wildman–Crippen LogP) is 5.01. The number of rotatable bonds is 5. The minimum Gasteiger partial charge on any atom is -0.507 e. The third-order valence-corrected chi connectivity index (χ3v) is 6.63. The highest BCUT2D eigenvalue weighted by atomic mass is 32.1. The number of ether oxygens (including phenoxy) is 2. The molecule has 4 rings (SSSR count). The summed E-state index contributed by atoms with van der Waals surface area (Å²) in [6.45, 7) is 3.88. The van der Waals surface area contributed by atoms with E-state index in [0.29, 0.717) is 22.7 Å². The second-order valence-electron chi connectivity index (χ2n) is 7.54. The van der Waals surface area contributed by atoms with Crippen LogP contribution in [-0.4, -0.2) is 31.0 Å². The van der Waals surface area contributed by atoms with Gasteiger partial charge in [0.2, 0.25) is 0 Å². The third-order valence-electron chi connectivity index (χ3n) is 5.56. The number of methoxy groups -OCH3 is 2. The maximum atomic E-state index is 13.2. The van der Waals surface area contributed by atoms with Crippen LogP contribution in [0.15, 0.2) is 59.5 Å². The number of hydrogen-bond donors (Lipinski definition) is 1. The summed E-state index contributed by atoms with van der Waals surface area (Å²) in [5.74, 6) is -0.746. The SMILES string of the molecule is COc1ccc(/C(O)=C2/C(=O)C(=O)N(c3ccc(C)cc3)C2c2sccc2C)cc1OC. The Balaban J connectivity index is 1.93. The Kier molecular flexibility index (Phi) is 5.76. The predicted molar refractivity (Wildman–Crippen MR) is 125 cm³/mol. The van der Waals surface area contributed by atoms with Gasteiger partial charge in [0.25, 0.3) is 11.7 Å². The second kappa shape index (κ2) is 8.51. The third kappa shape index (κ3) is 3.54. The number of hydrogen-bond acceptors (Lipinski definition) is 6. The summed E-state index contributed by atoms with van der Waals surface area (Å²) in [5, 5.41) is 13.2. The number of thiophene rings is 1. The molecule has 2 heterocycles. The average molecular weight is 450 g/mol. The Morgan fingerprint density at radius 2 is 1.66 bits per heavy atom. The zero-order chi connectivity index (χ0) is 23.0. The number of anilines is 1. The van der Waals surface area contributed by atoms with E-state index < -0.39 is 17.7 Å². The summed E-state index contributed by atoms with van der Waals surface area (Å²) in [6, 6.07) is 13.5. The molecule has 1 fully saturated rings. The molecule has 7 heteroatoms. The minimum atomic E-state index is -0.731. The van der Waals surface area contributed by atoms with E-state index >= 15 is 0 Å². The number of aliphatic hydroxyl groups is 1. The molecule has 1 aliphatic rings. The number of amides is 1. The van der Waals surface area contributed by atoms with Crippen molar-refractivity contribution in [3.63, 3.8) is 0 Å². The molecule has 1 atom stereocenters. The van der Waals surface area contributed by atoms with Crippen molar-refractivity contribution >= 4 is 34.5 Å². The normalized spacial score (nSPS) is 17.6. The van der Waals surface area contributed by atoms with E-state index in [0.717, 1.165) is 16.0 Å². The Morgan fingerprint density at radius 3 is 2.25 bits per heavy atom. The van der Waals surface area contributed by atoms with E-state index in [1.165, 1.54) is 30.5 Å². The van der Waals surface area contributed by atoms with Crippen molar-refractivity contribution in [2.24, 2.45) is 0 Å². The fraction of sp³-hybridized carbons (Fsp3) is 0.200. The van der Waals surface area contributed by atoms with Crippen LogP contribution in [0.2, 0.25) is 0 Å². The first-order chi connectivity index (χ1) is 15.4. The zero-order valence-corrected chi connectivity index (χ0v) is 19.0. The van der Waals surface area contributed by atoms with Gasteiger partial charge in [-0.3, -0.25) is 14.5 Å². The summed E-state index contributed by atoms with van der Waals surface area (Å²) in [7, 11) is 3.01. The molecular formula is C25H23NO5S. The average Bonchev–Trinajstić information content (AvgIpc) is 3.33. The molecule has 1 aliphatic heterocycles. The highest BCUT2D eigenvalue weighted by molar-refractivity contribution is 7.10. The fourth-order valence-electron chi connectivity index (χ4n) is 3.86. The van der Waals surface area contributed by atoms with Gasteiger partial charge in [-0.25, -0.2) is 0 Å². The second-order valence-corrected chi connectivity index (χ2v) is 8.49. The van der Waals surface area contributed by atoms with Crippen LogP contribution in [0, 0.1) is 13.8 Å². The molecule has 1 saturated heterocycles. The summed E-state index contributed by atoms with van der Waals surface area (Å²) >= 11 is 1.45. The standard InChI is InChI=1S/C25H23NO5S/c1-14-5-8-17(9-6-14)26-21(24-15(2)11-12-32-24)20(23(28)25(26)29)22(27)16-7-10-18(30-3)19(13-16)31-4/h5-13,21,27H,1-4H3/b22-20-. The molecule has 2 aromatic carbocycles. The first-order valence-electron chi connectivity index (χ1n) is 10.0. The first kappa shape index (κ1) is 21.6. The van der Waals surface area contributed by atoms with Gasteiger partial charge < -0.3 is 14.6 Å². The van der Waals surface area contributed by atoms with E-state index in [1.54, 1.807) is 18.2 Å². The largest absolute Gasteiger partial charge is 0.507 e. The number of Topliss-reactive ketones (excluding diaryl/α,β-unsaturated/α-hetero) is 1. The lowest BCUT2D eigenvalue weighted by Gasteiger charge is -2.25. The van der Waals surface area contributed by atoms with Crippen LogP contribution >= 0.6 is 11.3 Å². The lowest BCUT2D eigenvalue weighted by Crippen LogP contribution is -2.29. The lowest BCUT2D eigenvalue weighted by molar-refractivity contribution is -0.132. The summed E-state index contributed by atoms with van der Waals surface area (Å²) < 4.78 is 10.6. The van der Waals surface area contributed by atoms with Gasteiger partial charge >= 0.3 is 0 Å². The summed E-state index contributed by atoms with van der Waals surface area (Å²) in [6.07, 6.45) is 0. The molecule has 32 heavy (non-hydrogen) atoms. The van der Waals surface area contributed by atoms with Crippen molar-refractivity contribution in [2.75, 3.05) is 19.1 Å². The van der Waals surface area contributed by atoms with E-state index in [2.05, 4.69) is 0 Å². The van der Waals surface area contributed by atoms with Crippen LogP contribution in [-0.2, 0) is 9.59 Å². The van der Waals surface area contributed by atoms with E-state index in [4.69, 9.17) is 9.47 Å². The summed E-state index contributed by atoms with van der Waals surface area (Å²) in [4.78, 5) is 28.7. The molecule has 1 aromatic heterocycles. The molecule has 0 spiro atoms. The molecule has 0 aliphatic carbocycles. The number of carbonyl (C=O) groups excluding carboxylic acids is 2. The smallest absolute Gasteiger partial charge is 0.300 e. The van der Waals surface area contributed by atoms with Crippen molar-refractivity contribution in [1.29, 1.82) is 0 Å². The Labute approximate surface area is 190 Å². The molecule has 3 aromatic rings. The molecule has 0 saturated carbocycles. The van der Waals surface area contributed by atoms with Crippen LogP contribution in [0.4, 0.5) is 5.69 Å². The van der Waals surface area contributed by atoms with Gasteiger partial charge in [-0.1, -0.05) is 17.7 Å². The molecule has 1 unspecified atom stereocenters. The van der Waals surface area contributed by atoms with Gasteiger partial charge in [-0.2, -0.15) is 0 Å². The maximum absolute atomic E-state index is 13.2. The zero-order valence-electron chi connectivity index (χ0n) is 18.2. The number of nitrogens with zero attached hydrogens (tertiary/aromatic N) is 1. The van der Waals surface area contributed by atoms with Crippen LogP contribution in [0.25, 0.3) is 5.76 Å². The van der Waals surface area contributed by atoms with Gasteiger partial charge in [-0.05, 0) is 61.2 Å². The van der Waals surface area contributed by atoms with Gasteiger partial charge in [0.15, 0.2) is 11.5 Å². The monoisotopic (exact) mass is 449 g/mol. The van der Waals surface area contributed by atoms with Gasteiger partial charge in [-0.15, -0.1) is 11.3 Å². The van der Waals surface area contributed by atoms with Crippen LogP contribution in [0.1, 0.15) is 27.6 Å². The van der Waals surface area contributed by atoms with Gasteiger partial charge in [0, 0.05) is 16.1 Å². The van der Waals surface area contributed by atoms with Crippen molar-refractivity contribution in [3.05, 3.63) is 81.1 Å². The van der Waals surface area contributed by atoms with Crippen LogP contribution in [0.3, 0.4) is 0 Å². The number of aryl methyl sites for hydroxylation is 2. The Morgan fingerprint density at radius 1 is 0.969 bits per heavy atom. The van der Waals surface area contributed by atoms with Crippen LogP contribution < -0.4 is 14.4 Å². The highest BCUT2D eigenvalue weighted by Crippen LogP contribution is 2.45. The van der Waals surface area contributed by atoms with Crippen molar-refractivity contribution < 1.29 is 24.2 Å². The Hall–Kier alpha value is -3.58. The Bertz CT molecular complexity index is 1230. The minimum absolute atomic E-state index is 0.0494. The number of ketones is 1. The quantitative estimate of drug-likeness (QED) is 0.337. The lowest BCUT2D eigenvalue weighted by atomic mass is 9.98. The number of carbonyl (C=O) groups is 2. The van der Waals surface area contributed by atoms with Crippen LogP contribution in [0.5, 0.6) is 11.5 Å². The molecule has 164 valence electrons. The van der Waals surface area contributed by atoms with E-state index in [1.807, 2.05) is 49.6 Å². The first-order valence-corrected chi connectivity index (χ1v) is 10.9. The van der Waals surface area contributed by atoms with Crippen molar-refractivity contribution in [2.45, 2.75) is 19.9 Å². The topological polar surface area (TPSA) is 76.1 Å². The molecule has 1 N–H and O–H groups in total.